The largest absolute Gasteiger partial charge is 0.477 e. The minimum absolute atomic E-state index is 0.00347. The lowest BCUT2D eigenvalue weighted by molar-refractivity contribution is 0.0526. The van der Waals surface area contributed by atoms with Crippen molar-refractivity contribution in [2.75, 3.05) is 27.3 Å². The van der Waals surface area contributed by atoms with E-state index in [0.717, 1.165) is 46.7 Å². The van der Waals surface area contributed by atoms with Gasteiger partial charge in [-0.25, -0.2) is 19.2 Å². The Morgan fingerprint density at radius 2 is 1.41 bits per heavy atom. The summed E-state index contributed by atoms with van der Waals surface area (Å²) in [5.74, 6) is -2.10. The number of nitrogens with one attached hydrogen (secondary N) is 3. The van der Waals surface area contributed by atoms with Gasteiger partial charge in [0.05, 0.1) is 35.9 Å². The fourth-order valence-corrected chi connectivity index (χ4v) is 4.97. The van der Waals surface area contributed by atoms with Crippen LogP contribution in [0.4, 0.5) is 4.79 Å². The maximum atomic E-state index is 11.7. The summed E-state index contributed by atoms with van der Waals surface area (Å²) in [5.41, 5.74) is 5.31. The van der Waals surface area contributed by atoms with Gasteiger partial charge in [0.2, 0.25) is 0 Å². The SMILES string of the molecule is COC(=O)c1cnc(C)cc1CCNC(=O)OC(C)(C)C.COC(=O)c1cnc(C)cc1Cl.Cc1cc(=O)c(C(=O)O)c[nH]1.Cc1cc2c(cn1)C(=O)NCC2. The van der Waals surface area contributed by atoms with E-state index in [1.807, 2.05) is 26.0 Å². The van der Waals surface area contributed by atoms with Crippen molar-refractivity contribution in [1.82, 2.24) is 30.6 Å². The summed E-state index contributed by atoms with van der Waals surface area (Å²) >= 11 is 5.76. The van der Waals surface area contributed by atoms with Gasteiger partial charge in [-0.15, -0.1) is 0 Å². The lowest BCUT2D eigenvalue weighted by Crippen LogP contribution is -2.33. The van der Waals surface area contributed by atoms with Crippen molar-refractivity contribution < 1.29 is 43.3 Å². The predicted octanol–water partition coefficient (Wildman–Crippen LogP) is 5.13. The quantitative estimate of drug-likeness (QED) is 0.147. The number of rotatable bonds is 6. The van der Waals surface area contributed by atoms with Crippen LogP contribution >= 0.6 is 11.6 Å². The Morgan fingerprint density at radius 3 is 1.98 bits per heavy atom. The van der Waals surface area contributed by atoms with E-state index in [2.05, 4.69) is 35.3 Å². The maximum Gasteiger partial charge on any atom is 0.407 e. The molecule has 0 saturated heterocycles. The highest BCUT2D eigenvalue weighted by Gasteiger charge is 2.18. The number of carboxylic acids is 1. The van der Waals surface area contributed by atoms with Crippen LogP contribution in [0.5, 0.6) is 0 Å². The van der Waals surface area contributed by atoms with Gasteiger partial charge in [-0.1, -0.05) is 11.6 Å². The first-order valence-electron chi connectivity index (χ1n) is 17.1. The summed E-state index contributed by atoms with van der Waals surface area (Å²) in [4.78, 5) is 81.4. The maximum absolute atomic E-state index is 11.7. The molecule has 0 unspecified atom stereocenters. The van der Waals surface area contributed by atoms with E-state index < -0.39 is 35.0 Å². The van der Waals surface area contributed by atoms with Crippen LogP contribution in [0.25, 0.3) is 0 Å². The van der Waals surface area contributed by atoms with Crippen LogP contribution in [0.15, 0.2) is 53.8 Å². The monoisotopic (exact) mass is 794 g/mol. The van der Waals surface area contributed by atoms with Gasteiger partial charge in [0.25, 0.3) is 5.91 Å². The number of nitrogens with zero attached hydrogens (tertiary/aromatic N) is 3. The number of carbonyl (C=O) groups is 5. The number of fused-ring (bicyclic) bond motifs is 1. The van der Waals surface area contributed by atoms with Crippen LogP contribution in [0.3, 0.4) is 0 Å². The van der Waals surface area contributed by atoms with Crippen molar-refractivity contribution in [2.24, 2.45) is 0 Å². The highest BCUT2D eigenvalue weighted by atomic mass is 35.5. The molecule has 17 heteroatoms. The minimum Gasteiger partial charge on any atom is -0.477 e. The Balaban J connectivity index is 0.000000268. The molecule has 0 bridgehead atoms. The number of aryl methyl sites for hydroxylation is 4. The third-order valence-electron chi connectivity index (χ3n) is 7.33. The molecule has 0 atom stereocenters. The van der Waals surface area contributed by atoms with Gasteiger partial charge in [-0.05, 0) is 90.6 Å². The van der Waals surface area contributed by atoms with Crippen molar-refractivity contribution in [1.29, 1.82) is 0 Å². The second kappa shape index (κ2) is 21.7. The molecule has 0 aromatic carbocycles. The third kappa shape index (κ3) is 15.3. The Labute approximate surface area is 329 Å². The van der Waals surface area contributed by atoms with Gasteiger partial charge in [0, 0.05) is 66.7 Å². The molecule has 16 nitrogen and oxygen atoms in total. The average molecular weight is 795 g/mol. The summed E-state index contributed by atoms with van der Waals surface area (Å²) in [6, 6.07) is 6.66. The van der Waals surface area contributed by atoms with E-state index in [1.165, 1.54) is 38.9 Å². The highest BCUT2D eigenvalue weighted by molar-refractivity contribution is 6.33. The van der Waals surface area contributed by atoms with Crippen LogP contribution in [0.1, 0.15) is 96.1 Å². The van der Waals surface area contributed by atoms with Crippen LogP contribution in [0.2, 0.25) is 5.02 Å². The zero-order valence-electron chi connectivity index (χ0n) is 32.8. The number of amides is 2. The van der Waals surface area contributed by atoms with Crippen molar-refractivity contribution in [2.45, 2.75) is 66.9 Å². The van der Waals surface area contributed by atoms with Crippen LogP contribution < -0.4 is 16.1 Å². The minimum atomic E-state index is -1.20. The molecule has 1 aliphatic rings. The number of hydrogen-bond donors (Lipinski definition) is 4. The van der Waals surface area contributed by atoms with Gasteiger partial charge in [-0.3, -0.25) is 24.5 Å². The summed E-state index contributed by atoms with van der Waals surface area (Å²) in [5, 5.41) is 14.2. The van der Waals surface area contributed by atoms with E-state index in [9.17, 15) is 28.8 Å². The van der Waals surface area contributed by atoms with E-state index in [0.29, 0.717) is 34.8 Å². The molecule has 300 valence electrons. The van der Waals surface area contributed by atoms with Crippen molar-refractivity contribution in [3.05, 3.63) is 120 Å². The smallest absolute Gasteiger partial charge is 0.407 e. The number of halogens is 1. The predicted molar refractivity (Wildman–Crippen MR) is 207 cm³/mol. The Bertz CT molecular complexity index is 2090. The molecule has 0 spiro atoms. The Morgan fingerprint density at radius 1 is 0.839 bits per heavy atom. The molecular weight excluding hydrogens is 748 g/mol. The van der Waals surface area contributed by atoms with E-state index in [-0.39, 0.29) is 11.5 Å². The number of aromatic nitrogens is 4. The second-order valence-corrected chi connectivity index (χ2v) is 13.5. The number of methoxy groups -OCH3 is 2. The molecule has 0 saturated carbocycles. The zero-order valence-corrected chi connectivity index (χ0v) is 33.5. The molecule has 0 fully saturated rings. The van der Waals surface area contributed by atoms with Crippen LogP contribution in [0, 0.1) is 27.7 Å². The van der Waals surface area contributed by atoms with Crippen molar-refractivity contribution in [3.8, 4) is 0 Å². The summed E-state index contributed by atoms with van der Waals surface area (Å²) < 4.78 is 14.4. The number of aromatic amines is 1. The zero-order chi connectivity index (χ0) is 42.2. The topological polar surface area (TPSA) is 229 Å². The summed E-state index contributed by atoms with van der Waals surface area (Å²) in [7, 11) is 2.63. The molecule has 0 radical (unpaired) electrons. The molecule has 0 aliphatic carbocycles. The molecule has 4 aromatic rings. The molecule has 5 heterocycles. The average Bonchev–Trinajstić information content (AvgIpc) is 3.11. The number of esters is 2. The van der Waals surface area contributed by atoms with Gasteiger partial charge >= 0.3 is 24.0 Å². The first-order chi connectivity index (χ1) is 26.3. The van der Waals surface area contributed by atoms with Gasteiger partial charge in [0.1, 0.15) is 11.2 Å². The van der Waals surface area contributed by atoms with E-state index >= 15 is 0 Å². The Hall–Kier alpha value is -6.16. The fourth-order valence-electron chi connectivity index (χ4n) is 4.69. The number of aromatic carboxylic acids is 1. The number of hydrogen-bond acceptors (Lipinski definition) is 12. The normalized spacial score (nSPS) is 11.3. The lowest BCUT2D eigenvalue weighted by Gasteiger charge is -2.19. The second-order valence-electron chi connectivity index (χ2n) is 13.1. The van der Waals surface area contributed by atoms with Crippen LogP contribution in [-0.2, 0) is 27.1 Å². The van der Waals surface area contributed by atoms with Gasteiger partial charge < -0.3 is 34.9 Å². The number of pyridine rings is 4. The van der Waals surface area contributed by atoms with Gasteiger partial charge in [-0.2, -0.15) is 0 Å². The molecule has 2 amide bonds. The van der Waals surface area contributed by atoms with Crippen LogP contribution in [-0.4, -0.2) is 87.9 Å². The lowest BCUT2D eigenvalue weighted by atomic mass is 10.0. The molecule has 4 N–H and O–H groups in total. The number of carbonyl (C=O) groups excluding carboxylic acids is 4. The van der Waals surface area contributed by atoms with Gasteiger partial charge in [0.15, 0.2) is 5.43 Å². The highest BCUT2D eigenvalue weighted by Crippen LogP contribution is 2.16. The fraction of sp³-hybridized carbons (Fsp3) is 0.359. The first kappa shape index (κ1) is 46.0. The van der Waals surface area contributed by atoms with E-state index in [4.69, 9.17) is 26.2 Å². The molecule has 1 aliphatic heterocycles. The number of carboxylic acid groups (broad SMARTS) is 1. The summed E-state index contributed by atoms with van der Waals surface area (Å²) in [6.45, 7) is 13.8. The van der Waals surface area contributed by atoms with E-state index in [1.54, 1.807) is 46.9 Å². The third-order valence-corrected chi connectivity index (χ3v) is 7.64. The number of H-pyrrole nitrogens is 1. The molecule has 4 aromatic heterocycles. The first-order valence-corrected chi connectivity index (χ1v) is 17.5. The number of alkyl carbamates (subject to hydrolysis) is 1. The molecule has 56 heavy (non-hydrogen) atoms. The number of ether oxygens (including phenoxy) is 3. The summed E-state index contributed by atoms with van der Waals surface area (Å²) in [6.07, 6.45) is 6.68. The molecular formula is C39H47ClN6O10. The standard InChI is InChI=1S/C15H22N2O4.C9H10N2O.C8H8ClNO2.C7H7NO3/c1-10-8-11(12(9-17-10)13(18)20-5)6-7-16-14(19)21-15(2,3)4;1-6-4-7-2-3-10-9(12)8(7)5-11-6;1-5-3-7(9)6(4-10-5)8(11)12-2;1-4-2-6(9)5(3-8-4)7(10)11/h8-9H,6-7H2,1-5H3,(H,16,19);4-5H,2-3H2,1H3,(H,10,12);3-4H,1-2H3;2-3H,1H3,(H,8,9)(H,10,11). The van der Waals surface area contributed by atoms with Crippen molar-refractivity contribution >= 4 is 41.5 Å². The Kier molecular flexibility index (Phi) is 17.8. The molecule has 5 rings (SSSR count). The van der Waals surface area contributed by atoms with Crippen molar-refractivity contribution in [3.63, 3.8) is 0 Å².